The van der Waals surface area contributed by atoms with Crippen LogP contribution >= 0.6 is 11.6 Å². The van der Waals surface area contributed by atoms with Crippen molar-refractivity contribution in [1.29, 1.82) is 0 Å². The van der Waals surface area contributed by atoms with Gasteiger partial charge in [0.15, 0.2) is 0 Å². The molecule has 6 nitrogen and oxygen atoms in total. The Labute approximate surface area is 139 Å². The fraction of sp³-hybridized carbons (Fsp3) is 0.200. The maximum atomic E-state index is 11.3. The molecule has 0 aliphatic carbocycles. The molecule has 2 aromatic rings. The fourth-order valence-electron chi connectivity index (χ4n) is 1.90. The molecule has 0 saturated heterocycles. The topological polar surface area (TPSA) is 98.7 Å². The quantitative estimate of drug-likeness (QED) is 0.449. The van der Waals surface area contributed by atoms with Crippen molar-refractivity contribution in [2.24, 2.45) is 0 Å². The van der Waals surface area contributed by atoms with Gasteiger partial charge >= 0.3 is 0 Å². The minimum Gasteiger partial charge on any atom is -0.390 e. The van der Waals surface area contributed by atoms with Crippen molar-refractivity contribution in [3.63, 3.8) is 0 Å². The molecule has 0 spiro atoms. The molecule has 0 fully saturated rings. The van der Waals surface area contributed by atoms with Gasteiger partial charge in [-0.15, -0.1) is 11.6 Å². The molecule has 8 heteroatoms. The van der Waals surface area contributed by atoms with Crippen LogP contribution in [0.5, 0.6) is 0 Å². The van der Waals surface area contributed by atoms with Crippen molar-refractivity contribution in [3.05, 3.63) is 48.5 Å². The summed E-state index contributed by atoms with van der Waals surface area (Å²) in [6, 6.07) is 13.4. The summed E-state index contributed by atoms with van der Waals surface area (Å²) in [5.41, 5.74) is 1.84. The summed E-state index contributed by atoms with van der Waals surface area (Å²) in [7, 11) is -4.32. The van der Waals surface area contributed by atoms with Crippen LogP contribution in [-0.4, -0.2) is 36.6 Å². The van der Waals surface area contributed by atoms with Crippen molar-refractivity contribution < 1.29 is 18.1 Å². The molecule has 0 saturated carbocycles. The summed E-state index contributed by atoms with van der Waals surface area (Å²) in [4.78, 5) is -0.237. The second kappa shape index (κ2) is 7.65. The highest BCUT2D eigenvalue weighted by Gasteiger charge is 2.14. The molecular formula is C15H17ClN2O4S. The first-order chi connectivity index (χ1) is 10.9. The van der Waals surface area contributed by atoms with Gasteiger partial charge in [0.1, 0.15) is 0 Å². The fourth-order valence-corrected chi connectivity index (χ4v) is 2.51. The summed E-state index contributed by atoms with van der Waals surface area (Å²) in [6.07, 6.45) is -0.782. The van der Waals surface area contributed by atoms with E-state index in [0.717, 1.165) is 5.69 Å². The van der Waals surface area contributed by atoms with Gasteiger partial charge in [-0.3, -0.25) is 4.55 Å². The zero-order chi connectivity index (χ0) is 16.9. The summed E-state index contributed by atoms with van der Waals surface area (Å²) in [5, 5.41) is 15.6. The lowest BCUT2D eigenvalue weighted by molar-refractivity contribution is 0.211. The highest BCUT2D eigenvalue weighted by Crippen LogP contribution is 2.28. The molecule has 0 aromatic heterocycles. The Balaban J connectivity index is 2.32. The lowest BCUT2D eigenvalue weighted by Gasteiger charge is -2.16. The maximum Gasteiger partial charge on any atom is 0.294 e. The Hall–Kier alpha value is -1.80. The van der Waals surface area contributed by atoms with Crippen LogP contribution in [0.4, 0.5) is 17.1 Å². The predicted molar refractivity (Wildman–Crippen MR) is 91.2 cm³/mol. The molecule has 2 rings (SSSR count). The molecule has 0 aliphatic heterocycles. The van der Waals surface area contributed by atoms with Gasteiger partial charge in [0, 0.05) is 12.2 Å². The van der Waals surface area contributed by atoms with Gasteiger partial charge in [-0.05, 0) is 30.3 Å². The Bertz CT molecular complexity index is 753. The van der Waals surface area contributed by atoms with Crippen LogP contribution < -0.4 is 10.6 Å². The van der Waals surface area contributed by atoms with Gasteiger partial charge in [0.05, 0.1) is 28.3 Å². The maximum absolute atomic E-state index is 11.3. The number of benzene rings is 2. The minimum absolute atomic E-state index is 0.0481. The second-order valence-electron chi connectivity index (χ2n) is 4.86. The number of aliphatic hydroxyl groups excluding tert-OH is 1. The highest BCUT2D eigenvalue weighted by atomic mass is 35.5. The van der Waals surface area contributed by atoms with E-state index < -0.39 is 16.2 Å². The van der Waals surface area contributed by atoms with E-state index in [0.29, 0.717) is 11.4 Å². The number of halogens is 1. The van der Waals surface area contributed by atoms with Crippen molar-refractivity contribution in [2.45, 2.75) is 11.0 Å². The van der Waals surface area contributed by atoms with Crippen LogP contribution in [0.3, 0.4) is 0 Å². The van der Waals surface area contributed by atoms with Gasteiger partial charge in [0.25, 0.3) is 10.1 Å². The molecule has 4 N–H and O–H groups in total. The van der Waals surface area contributed by atoms with E-state index in [1.165, 1.54) is 18.2 Å². The van der Waals surface area contributed by atoms with Crippen molar-refractivity contribution in [3.8, 4) is 0 Å². The molecule has 0 heterocycles. The van der Waals surface area contributed by atoms with E-state index in [9.17, 15) is 18.1 Å². The molecule has 1 unspecified atom stereocenters. The molecule has 1 atom stereocenters. The van der Waals surface area contributed by atoms with Gasteiger partial charge in [-0.1, -0.05) is 18.2 Å². The zero-order valence-electron chi connectivity index (χ0n) is 12.1. The summed E-state index contributed by atoms with van der Waals surface area (Å²) >= 11 is 5.55. The third kappa shape index (κ3) is 5.11. The summed E-state index contributed by atoms with van der Waals surface area (Å²) < 4.78 is 31.7. The third-order valence-corrected chi connectivity index (χ3v) is 4.25. The average Bonchev–Trinajstić information content (AvgIpc) is 2.53. The molecule has 124 valence electrons. The first-order valence-electron chi connectivity index (χ1n) is 6.81. The largest absolute Gasteiger partial charge is 0.390 e. The van der Waals surface area contributed by atoms with Gasteiger partial charge in [-0.25, -0.2) is 0 Å². The van der Waals surface area contributed by atoms with Crippen LogP contribution in [0.2, 0.25) is 0 Å². The number of hydrogen-bond acceptors (Lipinski definition) is 5. The number of hydrogen-bond donors (Lipinski definition) is 4. The van der Waals surface area contributed by atoms with Crippen LogP contribution in [0.25, 0.3) is 0 Å². The third-order valence-electron chi connectivity index (χ3n) is 3.05. The number of nitrogens with one attached hydrogen (secondary N) is 2. The number of rotatable bonds is 7. The number of para-hydroxylation sites is 1. The first kappa shape index (κ1) is 17.6. The van der Waals surface area contributed by atoms with E-state index in [4.69, 9.17) is 11.6 Å². The van der Waals surface area contributed by atoms with Gasteiger partial charge < -0.3 is 15.7 Å². The molecule has 0 amide bonds. The van der Waals surface area contributed by atoms with Crippen molar-refractivity contribution in [2.75, 3.05) is 23.1 Å². The minimum atomic E-state index is -4.32. The van der Waals surface area contributed by atoms with E-state index >= 15 is 0 Å². The standard InChI is InChI=1S/C15H17ClN2O4S/c16-9-12(19)10-17-15-8-13(23(20,21)22)6-7-14(15)18-11-4-2-1-3-5-11/h1-8,12,17-19H,9-10H2,(H,20,21,22). The van der Waals surface area contributed by atoms with Crippen LogP contribution in [0.1, 0.15) is 0 Å². The smallest absolute Gasteiger partial charge is 0.294 e. The molecular weight excluding hydrogens is 340 g/mol. The Morgan fingerprint density at radius 1 is 1.09 bits per heavy atom. The van der Waals surface area contributed by atoms with E-state index in [1.807, 2.05) is 30.3 Å². The van der Waals surface area contributed by atoms with E-state index in [1.54, 1.807) is 0 Å². The van der Waals surface area contributed by atoms with Crippen molar-refractivity contribution in [1.82, 2.24) is 0 Å². The molecule has 0 bridgehead atoms. The molecule has 0 aliphatic rings. The van der Waals surface area contributed by atoms with Crippen molar-refractivity contribution >= 4 is 38.8 Å². The molecule has 0 radical (unpaired) electrons. The predicted octanol–water partition coefficient (Wildman–Crippen LogP) is 2.69. The zero-order valence-corrected chi connectivity index (χ0v) is 13.7. The SMILES string of the molecule is O=S(=O)(O)c1ccc(Nc2ccccc2)c(NCC(O)CCl)c1. The normalized spacial score (nSPS) is 12.7. The number of aliphatic hydroxyl groups is 1. The number of anilines is 3. The van der Waals surface area contributed by atoms with Crippen LogP contribution in [-0.2, 0) is 10.1 Å². The van der Waals surface area contributed by atoms with Gasteiger partial charge in [0.2, 0.25) is 0 Å². The average molecular weight is 357 g/mol. The van der Waals surface area contributed by atoms with Gasteiger partial charge in [-0.2, -0.15) is 8.42 Å². The lowest BCUT2D eigenvalue weighted by Crippen LogP contribution is -2.21. The van der Waals surface area contributed by atoms with Crippen LogP contribution in [0, 0.1) is 0 Å². The van der Waals surface area contributed by atoms with Crippen LogP contribution in [0.15, 0.2) is 53.4 Å². The van der Waals surface area contributed by atoms with E-state index in [2.05, 4.69) is 10.6 Å². The molecule has 2 aromatic carbocycles. The monoisotopic (exact) mass is 356 g/mol. The lowest BCUT2D eigenvalue weighted by atomic mass is 10.2. The number of alkyl halides is 1. The Morgan fingerprint density at radius 3 is 2.39 bits per heavy atom. The Kier molecular flexibility index (Phi) is 5.84. The molecule has 23 heavy (non-hydrogen) atoms. The summed E-state index contributed by atoms with van der Waals surface area (Å²) in [6.45, 7) is 0.141. The second-order valence-corrected chi connectivity index (χ2v) is 6.59. The first-order valence-corrected chi connectivity index (χ1v) is 8.79. The Morgan fingerprint density at radius 2 is 1.78 bits per heavy atom. The van der Waals surface area contributed by atoms with E-state index in [-0.39, 0.29) is 17.3 Å². The summed E-state index contributed by atoms with van der Waals surface area (Å²) in [5.74, 6) is 0.0481. The highest BCUT2D eigenvalue weighted by molar-refractivity contribution is 7.85.